The third-order valence-corrected chi connectivity index (χ3v) is 12.8. The zero-order valence-corrected chi connectivity index (χ0v) is 39.4. The molecule has 0 atom stereocenters. The van der Waals surface area contributed by atoms with Crippen LogP contribution in [0.4, 0.5) is 17.1 Å². The van der Waals surface area contributed by atoms with Crippen LogP contribution in [0.1, 0.15) is 33.3 Å². The van der Waals surface area contributed by atoms with Crippen LogP contribution < -0.4 is 4.90 Å². The molecule has 3 heteroatoms. The van der Waals surface area contributed by atoms with Gasteiger partial charge in [0.25, 0.3) is 0 Å². The maximum absolute atomic E-state index is 2.46. The minimum Gasteiger partial charge on any atom is -0.310 e. The van der Waals surface area contributed by atoms with Crippen molar-refractivity contribution in [1.82, 2.24) is 9.13 Å². The molecular formula is C65H55N3. The van der Waals surface area contributed by atoms with Gasteiger partial charge in [0.05, 0.1) is 27.8 Å². The lowest BCUT2D eigenvalue weighted by Crippen LogP contribution is -2.11. The summed E-state index contributed by atoms with van der Waals surface area (Å²) in [5, 5.41) is 4.92. The molecule has 0 aliphatic rings. The highest BCUT2D eigenvalue weighted by molar-refractivity contribution is 6.12. The summed E-state index contributed by atoms with van der Waals surface area (Å²) in [6, 6.07) is 88.2. The van der Waals surface area contributed by atoms with Gasteiger partial charge in [0.1, 0.15) is 0 Å². The Morgan fingerprint density at radius 1 is 0.309 bits per heavy atom. The number of nitrogens with zero attached hydrogens (tertiary/aromatic N) is 3. The number of para-hydroxylation sites is 4. The molecule has 12 aromatic rings. The largest absolute Gasteiger partial charge is 0.310 e. The van der Waals surface area contributed by atoms with E-state index in [-0.39, 0.29) is 0 Å². The van der Waals surface area contributed by atoms with Crippen LogP contribution in [0.2, 0.25) is 0 Å². The topological polar surface area (TPSA) is 13.1 Å². The number of fused-ring (bicyclic) bond motifs is 6. The molecule has 0 N–H and O–H groups in total. The Morgan fingerprint density at radius 3 is 1.44 bits per heavy atom. The van der Waals surface area contributed by atoms with Crippen molar-refractivity contribution in [3.63, 3.8) is 0 Å². The minimum atomic E-state index is 1.11. The first-order valence-corrected chi connectivity index (χ1v) is 24.0. The third-order valence-electron chi connectivity index (χ3n) is 12.8. The van der Waals surface area contributed by atoms with Crippen molar-refractivity contribution < 1.29 is 0 Å². The first-order chi connectivity index (χ1) is 33.7. The van der Waals surface area contributed by atoms with Gasteiger partial charge < -0.3 is 14.0 Å². The fraction of sp³-hybridized carbons (Fsp3) is 0.0769. The van der Waals surface area contributed by atoms with E-state index < -0.39 is 0 Å². The van der Waals surface area contributed by atoms with E-state index in [9.17, 15) is 0 Å². The predicted molar refractivity (Wildman–Crippen MR) is 294 cm³/mol. The van der Waals surface area contributed by atoms with E-state index in [0.29, 0.717) is 0 Å². The summed E-state index contributed by atoms with van der Waals surface area (Å²) < 4.78 is 4.83. The van der Waals surface area contributed by atoms with E-state index in [1.165, 1.54) is 82.6 Å². The molecule has 0 aliphatic carbocycles. The number of anilines is 3. The van der Waals surface area contributed by atoms with Gasteiger partial charge in [-0.3, -0.25) is 0 Å². The lowest BCUT2D eigenvalue weighted by atomic mass is 9.98. The van der Waals surface area contributed by atoms with Gasteiger partial charge in [-0.2, -0.15) is 0 Å². The Bertz CT molecular complexity index is 3660. The van der Waals surface area contributed by atoms with Crippen LogP contribution in [0, 0.1) is 6.92 Å². The zero-order chi connectivity index (χ0) is 46.6. The molecule has 0 saturated heterocycles. The van der Waals surface area contributed by atoms with Crippen LogP contribution in [0.25, 0.3) is 88.4 Å². The molecule has 0 bridgehead atoms. The molecule has 3 nitrogen and oxygen atoms in total. The molecule has 0 amide bonds. The van der Waals surface area contributed by atoms with Crippen molar-refractivity contribution in [3.8, 4) is 44.8 Å². The fourth-order valence-corrected chi connectivity index (χ4v) is 9.80. The molecule has 0 radical (unpaired) electrons. The quantitative estimate of drug-likeness (QED) is 0.148. The molecule has 0 fully saturated rings. The van der Waals surface area contributed by atoms with Crippen LogP contribution in [0.5, 0.6) is 0 Å². The van der Waals surface area contributed by atoms with Gasteiger partial charge in [-0.1, -0.05) is 191 Å². The second kappa shape index (κ2) is 19.2. The maximum atomic E-state index is 2.46. The molecule has 0 unspecified atom stereocenters. The van der Waals surface area contributed by atoms with Crippen molar-refractivity contribution in [3.05, 3.63) is 248 Å². The van der Waals surface area contributed by atoms with E-state index in [1.807, 2.05) is 27.7 Å². The Balaban J connectivity index is 0.00000131. The predicted octanol–water partition coefficient (Wildman–Crippen LogP) is 18.7. The fourth-order valence-electron chi connectivity index (χ4n) is 9.80. The standard InChI is InChI=1S/C61H43N3.2C2H6/c1-42-17-11-14-26-56(42)62(50-35-38-59-55(41-50)53-25-12-15-27-57(53)63(59)48-22-9-4-10-23-48)49-33-29-44(30-34-49)46-32-37-60-54(39-46)52-24-13-16-28-58(52)64(60)61-40-47(43-18-5-2-6-19-43)31-36-51(61)45-20-7-3-8-21-45;2*1-2/h2-41H,1H3;2*1-2H3. The number of benzene rings is 10. The average molecular weight is 878 g/mol. The van der Waals surface area contributed by atoms with Crippen molar-refractivity contribution in [2.24, 2.45) is 0 Å². The zero-order valence-electron chi connectivity index (χ0n) is 39.4. The summed E-state index contributed by atoms with van der Waals surface area (Å²) in [4.78, 5) is 2.40. The van der Waals surface area contributed by atoms with Crippen molar-refractivity contribution >= 4 is 60.7 Å². The first kappa shape index (κ1) is 43.5. The molecule has 12 rings (SSSR count). The van der Waals surface area contributed by atoms with Gasteiger partial charge in [-0.15, -0.1) is 0 Å². The summed E-state index contributed by atoms with van der Waals surface area (Å²) in [6.45, 7) is 10.2. The van der Waals surface area contributed by atoms with Crippen LogP contribution in [0.3, 0.4) is 0 Å². The Labute approximate surface area is 400 Å². The van der Waals surface area contributed by atoms with Gasteiger partial charge in [0.15, 0.2) is 0 Å². The normalized spacial score (nSPS) is 11.0. The molecule has 330 valence electrons. The molecule has 68 heavy (non-hydrogen) atoms. The van der Waals surface area contributed by atoms with Crippen LogP contribution >= 0.6 is 0 Å². The Kier molecular flexibility index (Phi) is 12.3. The molecule has 2 aromatic heterocycles. The number of aromatic nitrogens is 2. The molecule has 0 aliphatic heterocycles. The van der Waals surface area contributed by atoms with Gasteiger partial charge >= 0.3 is 0 Å². The van der Waals surface area contributed by atoms with E-state index in [2.05, 4.69) is 264 Å². The SMILES string of the molecule is CC.CC.Cc1ccccc1N(c1ccc(-c2ccc3c(c2)c2ccccc2n3-c2cc(-c3ccccc3)ccc2-c2ccccc2)cc1)c1ccc2c(c1)c1ccccc1n2-c1ccccc1. The summed E-state index contributed by atoms with van der Waals surface area (Å²) in [5.41, 5.74) is 18.8. The third kappa shape index (κ3) is 7.82. The van der Waals surface area contributed by atoms with Gasteiger partial charge in [0, 0.05) is 49.9 Å². The molecule has 2 heterocycles. The van der Waals surface area contributed by atoms with Crippen molar-refractivity contribution in [1.29, 1.82) is 0 Å². The van der Waals surface area contributed by atoms with Gasteiger partial charge in [-0.25, -0.2) is 0 Å². The van der Waals surface area contributed by atoms with Gasteiger partial charge in [-0.05, 0) is 119 Å². The molecule has 0 saturated carbocycles. The number of hydrogen-bond acceptors (Lipinski definition) is 1. The van der Waals surface area contributed by atoms with Gasteiger partial charge in [0.2, 0.25) is 0 Å². The summed E-state index contributed by atoms with van der Waals surface area (Å²) in [5.74, 6) is 0. The van der Waals surface area contributed by atoms with E-state index in [4.69, 9.17) is 0 Å². The average Bonchev–Trinajstić information content (AvgIpc) is 3.93. The molecular weight excluding hydrogens is 823 g/mol. The summed E-state index contributed by atoms with van der Waals surface area (Å²) in [7, 11) is 0. The van der Waals surface area contributed by atoms with Crippen LogP contribution in [-0.2, 0) is 0 Å². The molecule has 0 spiro atoms. The summed E-state index contributed by atoms with van der Waals surface area (Å²) in [6.07, 6.45) is 0. The Hall–Kier alpha value is -8.40. The maximum Gasteiger partial charge on any atom is 0.0546 e. The smallest absolute Gasteiger partial charge is 0.0546 e. The number of aryl methyl sites for hydroxylation is 1. The number of rotatable bonds is 8. The van der Waals surface area contributed by atoms with Crippen LogP contribution in [0.15, 0.2) is 243 Å². The van der Waals surface area contributed by atoms with Crippen molar-refractivity contribution in [2.45, 2.75) is 34.6 Å². The first-order valence-electron chi connectivity index (χ1n) is 24.0. The highest BCUT2D eigenvalue weighted by Crippen LogP contribution is 2.43. The second-order valence-corrected chi connectivity index (χ2v) is 16.6. The Morgan fingerprint density at radius 2 is 0.765 bits per heavy atom. The number of hydrogen-bond donors (Lipinski definition) is 0. The lowest BCUT2D eigenvalue weighted by molar-refractivity contribution is 1.18. The monoisotopic (exact) mass is 877 g/mol. The van der Waals surface area contributed by atoms with E-state index >= 15 is 0 Å². The highest BCUT2D eigenvalue weighted by Gasteiger charge is 2.20. The molecule has 10 aromatic carbocycles. The van der Waals surface area contributed by atoms with Crippen molar-refractivity contribution in [2.75, 3.05) is 4.90 Å². The van der Waals surface area contributed by atoms with E-state index in [1.54, 1.807) is 0 Å². The van der Waals surface area contributed by atoms with E-state index in [0.717, 1.165) is 28.4 Å². The summed E-state index contributed by atoms with van der Waals surface area (Å²) >= 11 is 0. The minimum absolute atomic E-state index is 1.11. The second-order valence-electron chi connectivity index (χ2n) is 16.6. The van der Waals surface area contributed by atoms with Crippen LogP contribution in [-0.4, -0.2) is 9.13 Å². The highest BCUT2D eigenvalue weighted by atomic mass is 15.1. The lowest BCUT2D eigenvalue weighted by Gasteiger charge is -2.27.